The zero-order valence-corrected chi connectivity index (χ0v) is 13.9. The van der Waals surface area contributed by atoms with Crippen LogP contribution in [0.25, 0.3) is 0 Å². The average Bonchev–Trinajstić information content (AvgIpc) is 2.78. The molecule has 1 saturated heterocycles. The maximum absolute atomic E-state index is 14.0. The highest BCUT2D eigenvalue weighted by Crippen LogP contribution is 2.31. The van der Waals surface area contributed by atoms with Crippen molar-refractivity contribution in [2.75, 3.05) is 26.8 Å². The van der Waals surface area contributed by atoms with Crippen molar-refractivity contribution in [1.29, 1.82) is 0 Å². The lowest BCUT2D eigenvalue weighted by Crippen LogP contribution is -2.44. The van der Waals surface area contributed by atoms with Crippen molar-refractivity contribution >= 4 is 17.8 Å². The molecule has 0 radical (unpaired) electrons. The van der Waals surface area contributed by atoms with Gasteiger partial charge in [0.2, 0.25) is 5.91 Å². The minimum Gasteiger partial charge on any atom is -0.385 e. The number of nitrogens with one attached hydrogen (secondary N) is 2. The molecular weight excluding hydrogens is 336 g/mol. The van der Waals surface area contributed by atoms with Gasteiger partial charge in [0.05, 0.1) is 0 Å². The van der Waals surface area contributed by atoms with Gasteiger partial charge in [-0.05, 0) is 31.5 Å². The normalized spacial score (nSPS) is 19.9. The van der Waals surface area contributed by atoms with Gasteiger partial charge in [-0.25, -0.2) is 13.6 Å². The van der Waals surface area contributed by atoms with E-state index >= 15 is 0 Å². The predicted molar refractivity (Wildman–Crippen MR) is 83.5 cm³/mol. The molecule has 1 atom stereocenters. The molecule has 1 aliphatic heterocycles. The van der Waals surface area contributed by atoms with Gasteiger partial charge in [0.1, 0.15) is 23.7 Å². The molecule has 0 spiro atoms. The number of benzene rings is 1. The Labute approximate surface area is 143 Å². The number of methoxy groups -OCH3 is 1. The van der Waals surface area contributed by atoms with Gasteiger partial charge in [0, 0.05) is 25.8 Å². The minimum absolute atomic E-state index is 0.297. The summed E-state index contributed by atoms with van der Waals surface area (Å²) in [5.74, 6) is -2.94. The molecule has 9 heteroatoms. The highest BCUT2D eigenvalue weighted by Gasteiger charge is 2.50. The summed E-state index contributed by atoms with van der Waals surface area (Å²) >= 11 is 0. The van der Waals surface area contributed by atoms with E-state index in [0.29, 0.717) is 24.5 Å². The molecule has 2 N–H and O–H groups in total. The average molecular weight is 355 g/mol. The second kappa shape index (κ2) is 7.56. The Morgan fingerprint density at radius 1 is 1.36 bits per heavy atom. The van der Waals surface area contributed by atoms with Gasteiger partial charge < -0.3 is 15.4 Å². The van der Waals surface area contributed by atoms with E-state index in [4.69, 9.17) is 4.74 Å². The van der Waals surface area contributed by atoms with Crippen LogP contribution in [0.4, 0.5) is 13.6 Å². The number of hydrogen-bond donors (Lipinski definition) is 2. The summed E-state index contributed by atoms with van der Waals surface area (Å²) in [5, 5.41) is 4.87. The van der Waals surface area contributed by atoms with Crippen molar-refractivity contribution in [2.24, 2.45) is 0 Å². The van der Waals surface area contributed by atoms with Gasteiger partial charge in [-0.15, -0.1) is 0 Å². The van der Waals surface area contributed by atoms with E-state index in [1.807, 2.05) is 0 Å². The molecule has 0 bridgehead atoms. The van der Waals surface area contributed by atoms with Crippen molar-refractivity contribution in [3.8, 4) is 0 Å². The number of carbonyl (C=O) groups is 3. The molecule has 0 saturated carbocycles. The Bertz CT molecular complexity index is 698. The summed E-state index contributed by atoms with van der Waals surface area (Å²) in [4.78, 5) is 37.2. The Hall–Kier alpha value is -2.55. The third kappa shape index (κ3) is 3.93. The van der Waals surface area contributed by atoms with E-state index in [1.165, 1.54) is 14.0 Å². The highest BCUT2D eigenvalue weighted by atomic mass is 19.1. The molecule has 0 aromatic heterocycles. The number of rotatable bonds is 7. The third-order valence-corrected chi connectivity index (χ3v) is 3.89. The summed E-state index contributed by atoms with van der Waals surface area (Å²) < 4.78 is 32.3. The molecule has 1 fully saturated rings. The number of carbonyl (C=O) groups excluding carboxylic acids is 3. The van der Waals surface area contributed by atoms with Crippen LogP contribution in [-0.4, -0.2) is 49.6 Å². The SMILES string of the molecule is COCCCNC(=O)CN1C(=O)N[C@@](C)(c2cc(F)ccc2F)C1=O. The van der Waals surface area contributed by atoms with Crippen molar-refractivity contribution in [3.63, 3.8) is 0 Å². The number of nitrogens with zero attached hydrogens (tertiary/aromatic N) is 1. The van der Waals surface area contributed by atoms with Crippen LogP contribution in [0, 0.1) is 11.6 Å². The zero-order chi connectivity index (χ0) is 18.6. The number of amides is 4. The van der Waals surface area contributed by atoms with Gasteiger partial charge in [-0.3, -0.25) is 14.5 Å². The fourth-order valence-corrected chi connectivity index (χ4v) is 2.55. The van der Waals surface area contributed by atoms with Crippen LogP contribution in [0.5, 0.6) is 0 Å². The highest BCUT2D eigenvalue weighted by molar-refractivity contribution is 6.09. The van der Waals surface area contributed by atoms with Gasteiger partial charge in [0.25, 0.3) is 5.91 Å². The summed E-state index contributed by atoms with van der Waals surface area (Å²) in [7, 11) is 1.53. The van der Waals surface area contributed by atoms with Crippen LogP contribution >= 0.6 is 0 Å². The topological polar surface area (TPSA) is 87.7 Å². The first-order valence-corrected chi connectivity index (χ1v) is 7.65. The fraction of sp³-hybridized carbons (Fsp3) is 0.438. The first-order chi connectivity index (χ1) is 11.8. The number of halogens is 2. The second-order valence-electron chi connectivity index (χ2n) is 5.77. The summed E-state index contributed by atoms with van der Waals surface area (Å²) in [6.07, 6.45) is 0.578. The van der Waals surface area contributed by atoms with Crippen LogP contribution < -0.4 is 10.6 Å². The Morgan fingerprint density at radius 2 is 2.08 bits per heavy atom. The van der Waals surface area contributed by atoms with E-state index in [9.17, 15) is 23.2 Å². The molecule has 136 valence electrons. The van der Waals surface area contributed by atoms with Crippen molar-refractivity contribution in [3.05, 3.63) is 35.4 Å². The van der Waals surface area contributed by atoms with E-state index in [-0.39, 0.29) is 5.56 Å². The van der Waals surface area contributed by atoms with E-state index in [1.54, 1.807) is 0 Å². The molecule has 25 heavy (non-hydrogen) atoms. The molecule has 0 unspecified atom stereocenters. The van der Waals surface area contributed by atoms with E-state index in [0.717, 1.165) is 18.2 Å². The summed E-state index contributed by atoms with van der Waals surface area (Å²) in [6.45, 7) is 1.54. The van der Waals surface area contributed by atoms with Gasteiger partial charge in [-0.1, -0.05) is 0 Å². The van der Waals surface area contributed by atoms with Gasteiger partial charge in [0.15, 0.2) is 0 Å². The van der Waals surface area contributed by atoms with Crippen LogP contribution in [0.2, 0.25) is 0 Å². The zero-order valence-electron chi connectivity index (χ0n) is 13.9. The van der Waals surface area contributed by atoms with Crippen LogP contribution in [-0.2, 0) is 19.9 Å². The van der Waals surface area contributed by atoms with E-state index < -0.39 is 41.6 Å². The smallest absolute Gasteiger partial charge is 0.325 e. The lowest BCUT2D eigenvalue weighted by molar-refractivity contribution is -0.134. The molecule has 4 amide bonds. The second-order valence-corrected chi connectivity index (χ2v) is 5.77. The van der Waals surface area contributed by atoms with Crippen molar-refractivity contribution < 1.29 is 27.9 Å². The lowest BCUT2D eigenvalue weighted by atomic mass is 9.91. The molecule has 7 nitrogen and oxygen atoms in total. The Morgan fingerprint density at radius 3 is 2.76 bits per heavy atom. The lowest BCUT2D eigenvalue weighted by Gasteiger charge is -2.22. The maximum atomic E-state index is 14.0. The van der Waals surface area contributed by atoms with Gasteiger partial charge in [-0.2, -0.15) is 0 Å². The first-order valence-electron chi connectivity index (χ1n) is 7.65. The predicted octanol–water partition coefficient (Wildman–Crippen LogP) is 0.885. The first kappa shape index (κ1) is 18.8. The quantitative estimate of drug-likeness (QED) is 0.562. The third-order valence-electron chi connectivity index (χ3n) is 3.89. The molecule has 1 heterocycles. The number of hydrogen-bond acceptors (Lipinski definition) is 4. The maximum Gasteiger partial charge on any atom is 0.325 e. The number of urea groups is 1. The monoisotopic (exact) mass is 355 g/mol. The van der Waals surface area contributed by atoms with Crippen LogP contribution in [0.1, 0.15) is 18.9 Å². The molecule has 1 aromatic carbocycles. The summed E-state index contributed by atoms with van der Waals surface area (Å²) in [5.41, 5.74) is -2.08. The molecule has 1 aliphatic rings. The molecule has 0 aliphatic carbocycles. The van der Waals surface area contributed by atoms with Crippen molar-refractivity contribution in [1.82, 2.24) is 15.5 Å². The molecule has 2 rings (SSSR count). The Kier molecular flexibility index (Phi) is 5.68. The van der Waals surface area contributed by atoms with Crippen LogP contribution in [0.3, 0.4) is 0 Å². The largest absolute Gasteiger partial charge is 0.385 e. The van der Waals surface area contributed by atoms with Crippen LogP contribution in [0.15, 0.2) is 18.2 Å². The number of ether oxygens (including phenoxy) is 1. The molecular formula is C16H19F2N3O4. The Balaban J connectivity index is 2.11. The summed E-state index contributed by atoms with van der Waals surface area (Å²) in [6, 6.07) is 1.79. The number of imide groups is 1. The fourth-order valence-electron chi connectivity index (χ4n) is 2.55. The van der Waals surface area contributed by atoms with Crippen molar-refractivity contribution in [2.45, 2.75) is 18.9 Å². The standard InChI is InChI=1S/C16H19F2N3O4/c1-16(11-8-10(17)4-5-12(11)18)14(23)21(15(24)20-16)9-13(22)19-6-3-7-25-2/h4-5,8H,3,6-7,9H2,1-2H3,(H,19,22)(H,20,24)/t16-/m0/s1. The minimum atomic E-state index is -1.78. The molecule has 1 aromatic rings. The van der Waals surface area contributed by atoms with Gasteiger partial charge >= 0.3 is 6.03 Å². The van der Waals surface area contributed by atoms with E-state index in [2.05, 4.69) is 10.6 Å².